The van der Waals surface area contributed by atoms with Crippen molar-refractivity contribution in [2.24, 2.45) is 0 Å². The molecular formula is C22H23FN4O. The van der Waals surface area contributed by atoms with Gasteiger partial charge in [0.25, 0.3) is 0 Å². The van der Waals surface area contributed by atoms with Crippen LogP contribution >= 0.6 is 0 Å². The molecule has 28 heavy (non-hydrogen) atoms. The van der Waals surface area contributed by atoms with E-state index < -0.39 is 0 Å². The molecule has 144 valence electrons. The average Bonchev–Trinajstić information content (AvgIpc) is 3.54. The molecule has 0 saturated heterocycles. The van der Waals surface area contributed by atoms with Crippen molar-refractivity contribution in [2.45, 2.75) is 44.9 Å². The van der Waals surface area contributed by atoms with Gasteiger partial charge in [-0.25, -0.2) is 9.37 Å². The third-order valence-electron chi connectivity index (χ3n) is 5.32. The maximum Gasteiger partial charge on any atom is 0.226 e. The molecular weight excluding hydrogens is 355 g/mol. The van der Waals surface area contributed by atoms with E-state index in [1.807, 2.05) is 19.1 Å². The molecule has 1 aliphatic carbocycles. The number of methoxy groups -OCH3 is 1. The van der Waals surface area contributed by atoms with Crippen molar-refractivity contribution in [1.82, 2.24) is 20.2 Å². The quantitative estimate of drug-likeness (QED) is 0.633. The number of nitrogens with zero attached hydrogens (tertiary/aromatic N) is 4. The minimum atomic E-state index is -0.203. The highest BCUT2D eigenvalue weighted by molar-refractivity contribution is 5.65. The number of hydrogen-bond acceptors (Lipinski definition) is 5. The molecule has 0 aliphatic heterocycles. The van der Waals surface area contributed by atoms with Gasteiger partial charge in [-0.15, -0.1) is 5.10 Å². The lowest BCUT2D eigenvalue weighted by atomic mass is 10.0. The smallest absolute Gasteiger partial charge is 0.226 e. The molecule has 0 radical (unpaired) electrons. The van der Waals surface area contributed by atoms with Gasteiger partial charge < -0.3 is 4.74 Å². The Morgan fingerprint density at radius 3 is 2.54 bits per heavy atom. The van der Waals surface area contributed by atoms with Crippen molar-refractivity contribution in [2.75, 3.05) is 7.11 Å². The zero-order valence-electron chi connectivity index (χ0n) is 16.3. The van der Waals surface area contributed by atoms with Crippen LogP contribution in [0.1, 0.15) is 54.7 Å². The predicted octanol–water partition coefficient (Wildman–Crippen LogP) is 4.48. The maximum atomic E-state index is 13.2. The lowest BCUT2D eigenvalue weighted by Gasteiger charge is -2.11. The summed E-state index contributed by atoms with van der Waals surface area (Å²) in [5, 5.41) is 8.88. The van der Waals surface area contributed by atoms with Gasteiger partial charge in [-0.3, -0.25) is 0 Å². The second-order valence-corrected chi connectivity index (χ2v) is 7.05. The first-order chi connectivity index (χ1) is 13.6. The van der Waals surface area contributed by atoms with Crippen molar-refractivity contribution in [1.29, 1.82) is 0 Å². The number of aromatic nitrogens is 4. The first-order valence-corrected chi connectivity index (χ1v) is 9.66. The predicted molar refractivity (Wildman–Crippen MR) is 105 cm³/mol. The summed E-state index contributed by atoms with van der Waals surface area (Å²) < 4.78 is 18.7. The van der Waals surface area contributed by atoms with Crippen LogP contribution in [0.2, 0.25) is 0 Å². The van der Waals surface area contributed by atoms with Gasteiger partial charge in [-0.05, 0) is 54.0 Å². The Morgan fingerprint density at radius 1 is 1.07 bits per heavy atom. The van der Waals surface area contributed by atoms with Crippen LogP contribution in [0.15, 0.2) is 36.5 Å². The van der Waals surface area contributed by atoms with Crippen LogP contribution in [-0.4, -0.2) is 27.3 Å². The normalized spacial score (nSPS) is 18.1. The highest BCUT2D eigenvalue weighted by atomic mass is 19.1. The molecule has 6 heteroatoms. The molecule has 2 heterocycles. The van der Waals surface area contributed by atoms with Gasteiger partial charge in [0, 0.05) is 12.6 Å². The fraction of sp³-hybridized carbons (Fsp3) is 0.364. The van der Waals surface area contributed by atoms with Crippen molar-refractivity contribution < 1.29 is 9.13 Å². The SMILES string of the molecule is CCc1ncc(-c2cc(C3CC3c3ccc(F)cc3)c(CC)nn2)c(OC)n1. The van der Waals surface area contributed by atoms with E-state index in [4.69, 9.17) is 4.74 Å². The third-order valence-corrected chi connectivity index (χ3v) is 5.32. The standard InChI is InChI=1S/C22H23FN4O/c1-4-19-17(16-10-15(16)13-6-8-14(23)9-7-13)11-20(27-26-19)18-12-24-21(5-2)25-22(18)28-3/h6-9,11-12,15-16H,4-5,10H2,1-3H3. The van der Waals surface area contributed by atoms with Crippen molar-refractivity contribution in [3.63, 3.8) is 0 Å². The molecule has 2 aromatic heterocycles. The Hall–Kier alpha value is -2.89. The molecule has 0 amide bonds. The van der Waals surface area contributed by atoms with Crippen LogP contribution < -0.4 is 4.74 Å². The van der Waals surface area contributed by atoms with Crippen LogP contribution in [0.5, 0.6) is 5.88 Å². The molecule has 2 atom stereocenters. The van der Waals surface area contributed by atoms with Gasteiger partial charge >= 0.3 is 0 Å². The highest BCUT2D eigenvalue weighted by Crippen LogP contribution is 2.55. The largest absolute Gasteiger partial charge is 0.480 e. The van der Waals surface area contributed by atoms with Gasteiger partial charge in [0.1, 0.15) is 17.3 Å². The van der Waals surface area contributed by atoms with E-state index in [0.29, 0.717) is 17.7 Å². The summed E-state index contributed by atoms with van der Waals surface area (Å²) >= 11 is 0. The van der Waals surface area contributed by atoms with Crippen LogP contribution in [0.4, 0.5) is 4.39 Å². The number of halogens is 1. The van der Waals surface area contributed by atoms with E-state index in [0.717, 1.165) is 42.0 Å². The molecule has 2 unspecified atom stereocenters. The van der Waals surface area contributed by atoms with Gasteiger partial charge in [0.2, 0.25) is 5.88 Å². The fourth-order valence-corrected chi connectivity index (χ4v) is 3.68. The van der Waals surface area contributed by atoms with Crippen molar-refractivity contribution in [3.05, 3.63) is 65.0 Å². The molecule has 5 nitrogen and oxygen atoms in total. The molecule has 1 saturated carbocycles. The number of benzene rings is 1. The summed E-state index contributed by atoms with van der Waals surface area (Å²) in [4.78, 5) is 8.84. The van der Waals surface area contributed by atoms with E-state index in [2.05, 4.69) is 33.2 Å². The molecule has 1 aromatic carbocycles. The van der Waals surface area contributed by atoms with Crippen LogP contribution in [0, 0.1) is 5.82 Å². The lowest BCUT2D eigenvalue weighted by Crippen LogP contribution is -2.03. The molecule has 1 fully saturated rings. The monoisotopic (exact) mass is 378 g/mol. The molecule has 0 bridgehead atoms. The van der Waals surface area contributed by atoms with E-state index >= 15 is 0 Å². The van der Waals surface area contributed by atoms with Crippen LogP contribution in [0.25, 0.3) is 11.3 Å². The van der Waals surface area contributed by atoms with Crippen LogP contribution in [-0.2, 0) is 12.8 Å². The Kier molecular flexibility index (Phi) is 5.03. The van der Waals surface area contributed by atoms with Crippen molar-refractivity contribution >= 4 is 0 Å². The topological polar surface area (TPSA) is 60.8 Å². The summed E-state index contributed by atoms with van der Waals surface area (Å²) in [7, 11) is 1.60. The maximum absolute atomic E-state index is 13.2. The first kappa shape index (κ1) is 18.5. The third kappa shape index (κ3) is 3.46. The fourth-order valence-electron chi connectivity index (χ4n) is 3.68. The zero-order chi connectivity index (χ0) is 19.7. The summed E-state index contributed by atoms with van der Waals surface area (Å²) in [6.07, 6.45) is 4.35. The minimum absolute atomic E-state index is 0.203. The first-order valence-electron chi connectivity index (χ1n) is 9.66. The van der Waals surface area contributed by atoms with E-state index in [1.165, 1.54) is 23.3 Å². The summed E-state index contributed by atoms with van der Waals surface area (Å²) in [6.45, 7) is 4.09. The molecule has 0 spiro atoms. The molecule has 4 rings (SSSR count). The van der Waals surface area contributed by atoms with Crippen molar-refractivity contribution in [3.8, 4) is 17.1 Å². The Morgan fingerprint density at radius 2 is 1.86 bits per heavy atom. The summed E-state index contributed by atoms with van der Waals surface area (Å²) in [5.41, 5.74) is 4.83. The van der Waals surface area contributed by atoms with E-state index in [9.17, 15) is 4.39 Å². The second kappa shape index (κ2) is 7.62. The highest BCUT2D eigenvalue weighted by Gasteiger charge is 2.41. The summed E-state index contributed by atoms with van der Waals surface area (Å²) in [6, 6.07) is 8.90. The second-order valence-electron chi connectivity index (χ2n) is 7.05. The minimum Gasteiger partial charge on any atom is -0.480 e. The number of hydrogen-bond donors (Lipinski definition) is 0. The Bertz CT molecular complexity index is 990. The molecule has 1 aliphatic rings. The van der Waals surface area contributed by atoms with Gasteiger partial charge in [-0.1, -0.05) is 26.0 Å². The number of rotatable bonds is 6. The zero-order valence-corrected chi connectivity index (χ0v) is 16.3. The Labute approximate surface area is 164 Å². The summed E-state index contributed by atoms with van der Waals surface area (Å²) in [5.74, 6) is 1.81. The molecule has 0 N–H and O–H groups in total. The lowest BCUT2D eigenvalue weighted by molar-refractivity contribution is 0.396. The average molecular weight is 378 g/mol. The van der Waals surface area contributed by atoms with E-state index in [1.54, 1.807) is 13.3 Å². The van der Waals surface area contributed by atoms with Crippen LogP contribution in [0.3, 0.4) is 0 Å². The molecule has 3 aromatic rings. The van der Waals surface area contributed by atoms with Gasteiger partial charge in [0.05, 0.1) is 18.4 Å². The van der Waals surface area contributed by atoms with E-state index in [-0.39, 0.29) is 5.82 Å². The number of ether oxygens (including phenoxy) is 1. The van der Waals surface area contributed by atoms with Gasteiger partial charge in [0.15, 0.2) is 0 Å². The Balaban J connectivity index is 1.69. The van der Waals surface area contributed by atoms with Gasteiger partial charge in [-0.2, -0.15) is 10.1 Å². The number of aryl methyl sites for hydroxylation is 2.